The van der Waals surface area contributed by atoms with E-state index in [1.807, 2.05) is 24.3 Å². The van der Waals surface area contributed by atoms with Crippen molar-refractivity contribution in [1.29, 1.82) is 0 Å². The van der Waals surface area contributed by atoms with Gasteiger partial charge < -0.3 is 5.32 Å². The van der Waals surface area contributed by atoms with Gasteiger partial charge in [0.1, 0.15) is 0 Å². The van der Waals surface area contributed by atoms with Crippen molar-refractivity contribution in [2.45, 2.75) is 13.5 Å². The molecule has 0 spiro atoms. The molecule has 0 aliphatic carbocycles. The minimum absolute atomic E-state index is 0.108. The molecule has 0 bridgehead atoms. The van der Waals surface area contributed by atoms with Gasteiger partial charge in [-0.25, -0.2) is 0 Å². The maximum absolute atomic E-state index is 10.9. The number of benzene rings is 2. The second-order valence-corrected chi connectivity index (χ2v) is 5.67. The van der Waals surface area contributed by atoms with Crippen molar-refractivity contribution < 1.29 is 4.92 Å². The molecule has 0 heterocycles. The van der Waals surface area contributed by atoms with Crippen LogP contribution >= 0.6 is 27.5 Å². The summed E-state index contributed by atoms with van der Waals surface area (Å²) in [5, 5.41) is 14.7. The Labute approximate surface area is 130 Å². The number of hydrogen-bond donors (Lipinski definition) is 1. The van der Waals surface area contributed by atoms with Crippen LogP contribution in [-0.4, -0.2) is 4.92 Å². The number of anilines is 1. The molecule has 2 aromatic rings. The van der Waals surface area contributed by atoms with Crippen molar-refractivity contribution in [3.63, 3.8) is 0 Å². The second kappa shape index (κ2) is 6.24. The summed E-state index contributed by atoms with van der Waals surface area (Å²) >= 11 is 9.47. The highest BCUT2D eigenvalue weighted by molar-refractivity contribution is 9.10. The van der Waals surface area contributed by atoms with Crippen molar-refractivity contribution in [1.82, 2.24) is 0 Å². The molecule has 0 saturated carbocycles. The van der Waals surface area contributed by atoms with E-state index in [1.54, 1.807) is 13.0 Å². The standard InChI is InChI=1S/C14H12BrClN2O2/c1-9-2-5-12(7-14(9)18(19)20)17-8-10-3-4-11(15)6-13(10)16/h2-7,17H,8H2,1H3. The average Bonchev–Trinajstić information content (AvgIpc) is 2.39. The lowest BCUT2D eigenvalue weighted by Gasteiger charge is -2.09. The van der Waals surface area contributed by atoms with Gasteiger partial charge in [0.05, 0.1) is 4.92 Å². The lowest BCUT2D eigenvalue weighted by atomic mass is 10.1. The predicted octanol–water partition coefficient (Wildman–Crippen LogP) is 4.93. The molecule has 0 unspecified atom stereocenters. The Hall–Kier alpha value is -1.59. The molecule has 0 amide bonds. The van der Waals surface area contributed by atoms with Crippen LogP contribution < -0.4 is 5.32 Å². The maximum Gasteiger partial charge on any atom is 0.274 e. The minimum atomic E-state index is -0.382. The Morgan fingerprint density at radius 1 is 1.30 bits per heavy atom. The molecule has 20 heavy (non-hydrogen) atoms. The molecule has 0 aliphatic rings. The summed E-state index contributed by atoms with van der Waals surface area (Å²) in [5.41, 5.74) is 2.37. The van der Waals surface area contributed by atoms with E-state index in [1.165, 1.54) is 6.07 Å². The normalized spacial score (nSPS) is 10.3. The number of rotatable bonds is 4. The third-order valence-corrected chi connectivity index (χ3v) is 3.75. The monoisotopic (exact) mass is 354 g/mol. The molecule has 104 valence electrons. The van der Waals surface area contributed by atoms with Gasteiger partial charge in [-0.05, 0) is 30.7 Å². The third-order valence-electron chi connectivity index (χ3n) is 2.90. The van der Waals surface area contributed by atoms with Gasteiger partial charge in [0.2, 0.25) is 0 Å². The zero-order valence-electron chi connectivity index (χ0n) is 10.7. The van der Waals surface area contributed by atoms with Gasteiger partial charge in [0.25, 0.3) is 5.69 Å². The average molecular weight is 356 g/mol. The van der Waals surface area contributed by atoms with Gasteiger partial charge in [-0.3, -0.25) is 10.1 Å². The zero-order chi connectivity index (χ0) is 14.7. The number of halogens is 2. The van der Waals surface area contributed by atoms with Crippen LogP contribution in [0.1, 0.15) is 11.1 Å². The third kappa shape index (κ3) is 3.49. The first kappa shape index (κ1) is 14.8. The first-order valence-electron chi connectivity index (χ1n) is 5.90. The highest BCUT2D eigenvalue weighted by Gasteiger charge is 2.11. The predicted molar refractivity (Wildman–Crippen MR) is 84.3 cm³/mol. The molecule has 1 N–H and O–H groups in total. The van der Waals surface area contributed by atoms with Crippen molar-refractivity contribution in [3.05, 3.63) is 67.1 Å². The Balaban J connectivity index is 2.15. The van der Waals surface area contributed by atoms with Crippen LogP contribution in [-0.2, 0) is 6.54 Å². The van der Waals surface area contributed by atoms with Gasteiger partial charge in [-0.15, -0.1) is 0 Å². The summed E-state index contributed by atoms with van der Waals surface area (Å²) in [5.74, 6) is 0. The van der Waals surface area contributed by atoms with Crippen LogP contribution in [0.25, 0.3) is 0 Å². The summed E-state index contributed by atoms with van der Waals surface area (Å²) in [6, 6.07) is 10.7. The summed E-state index contributed by atoms with van der Waals surface area (Å²) in [7, 11) is 0. The van der Waals surface area contributed by atoms with Gasteiger partial charge in [-0.2, -0.15) is 0 Å². The molecular weight excluding hydrogens is 344 g/mol. The number of nitro groups is 1. The van der Waals surface area contributed by atoms with Gasteiger partial charge in [-0.1, -0.05) is 39.7 Å². The van der Waals surface area contributed by atoms with Crippen LogP contribution in [0.3, 0.4) is 0 Å². The molecule has 0 aromatic heterocycles. The number of hydrogen-bond acceptors (Lipinski definition) is 3. The van der Waals surface area contributed by atoms with Gasteiger partial charge in [0.15, 0.2) is 0 Å². The largest absolute Gasteiger partial charge is 0.381 e. The smallest absolute Gasteiger partial charge is 0.274 e. The van der Waals surface area contributed by atoms with Crippen LogP contribution in [0, 0.1) is 17.0 Å². The second-order valence-electron chi connectivity index (χ2n) is 4.35. The number of aryl methyl sites for hydroxylation is 1. The van der Waals surface area contributed by atoms with Gasteiger partial charge in [0, 0.05) is 33.4 Å². The molecule has 0 radical (unpaired) electrons. The van der Waals surface area contributed by atoms with E-state index in [0.29, 0.717) is 22.8 Å². The Morgan fingerprint density at radius 2 is 2.05 bits per heavy atom. The van der Waals surface area contributed by atoms with Crippen LogP contribution in [0.4, 0.5) is 11.4 Å². The van der Waals surface area contributed by atoms with Gasteiger partial charge >= 0.3 is 0 Å². The SMILES string of the molecule is Cc1ccc(NCc2ccc(Br)cc2Cl)cc1[N+](=O)[O-]. The van der Waals surface area contributed by atoms with E-state index in [2.05, 4.69) is 21.2 Å². The molecule has 2 aromatic carbocycles. The van der Waals surface area contributed by atoms with E-state index in [9.17, 15) is 10.1 Å². The Kier molecular flexibility index (Phi) is 4.62. The zero-order valence-corrected chi connectivity index (χ0v) is 13.0. The van der Waals surface area contributed by atoms with Crippen molar-refractivity contribution in [3.8, 4) is 0 Å². The summed E-state index contributed by atoms with van der Waals surface area (Å²) < 4.78 is 0.914. The lowest BCUT2D eigenvalue weighted by Crippen LogP contribution is -2.01. The number of nitro benzene ring substituents is 1. The van der Waals surface area contributed by atoms with E-state index in [-0.39, 0.29) is 10.6 Å². The van der Waals surface area contributed by atoms with Crippen LogP contribution in [0.15, 0.2) is 40.9 Å². The molecule has 0 fully saturated rings. The fourth-order valence-electron chi connectivity index (χ4n) is 1.78. The van der Waals surface area contributed by atoms with Crippen molar-refractivity contribution in [2.75, 3.05) is 5.32 Å². The topological polar surface area (TPSA) is 55.2 Å². The van der Waals surface area contributed by atoms with E-state index < -0.39 is 0 Å². The maximum atomic E-state index is 10.9. The van der Waals surface area contributed by atoms with E-state index >= 15 is 0 Å². The fraction of sp³-hybridized carbons (Fsp3) is 0.143. The fourth-order valence-corrected chi connectivity index (χ4v) is 2.52. The van der Waals surface area contributed by atoms with Crippen molar-refractivity contribution >= 4 is 38.9 Å². The lowest BCUT2D eigenvalue weighted by molar-refractivity contribution is -0.385. The highest BCUT2D eigenvalue weighted by atomic mass is 79.9. The van der Waals surface area contributed by atoms with Crippen LogP contribution in [0.5, 0.6) is 0 Å². The molecule has 6 heteroatoms. The van der Waals surface area contributed by atoms with Crippen LogP contribution in [0.2, 0.25) is 5.02 Å². The molecule has 2 rings (SSSR count). The Morgan fingerprint density at radius 3 is 2.70 bits per heavy atom. The first-order chi connectivity index (χ1) is 9.47. The quantitative estimate of drug-likeness (QED) is 0.625. The minimum Gasteiger partial charge on any atom is -0.381 e. The molecular formula is C14H12BrClN2O2. The first-order valence-corrected chi connectivity index (χ1v) is 7.07. The number of nitrogens with zero attached hydrogens (tertiary/aromatic N) is 1. The molecule has 4 nitrogen and oxygen atoms in total. The summed E-state index contributed by atoms with van der Waals surface area (Å²) in [6.45, 7) is 2.22. The van der Waals surface area contributed by atoms with Crippen molar-refractivity contribution in [2.24, 2.45) is 0 Å². The number of nitrogens with one attached hydrogen (secondary N) is 1. The summed E-state index contributed by atoms with van der Waals surface area (Å²) in [4.78, 5) is 10.5. The Bertz CT molecular complexity index is 662. The summed E-state index contributed by atoms with van der Waals surface area (Å²) in [6.07, 6.45) is 0. The van der Waals surface area contributed by atoms with E-state index in [0.717, 1.165) is 10.0 Å². The molecule has 0 aliphatic heterocycles. The molecule has 0 atom stereocenters. The molecule has 0 saturated heterocycles. The van der Waals surface area contributed by atoms with E-state index in [4.69, 9.17) is 11.6 Å². The highest BCUT2D eigenvalue weighted by Crippen LogP contribution is 2.25.